The molecular weight excluding hydrogens is 320 g/mol. The van der Waals surface area contributed by atoms with Gasteiger partial charge in [0.15, 0.2) is 0 Å². The van der Waals surface area contributed by atoms with E-state index in [-0.39, 0.29) is 6.17 Å². The predicted octanol–water partition coefficient (Wildman–Crippen LogP) is 4.01. The molecule has 4 nitrogen and oxygen atoms in total. The summed E-state index contributed by atoms with van der Waals surface area (Å²) in [5.74, 6) is 0.992. The fraction of sp³-hybridized carbons (Fsp3) is 0.227. The minimum Gasteiger partial charge on any atom is -0.343 e. The number of hydrogen-bond acceptors (Lipinski definition) is 4. The van der Waals surface area contributed by atoms with E-state index in [9.17, 15) is 0 Å². The van der Waals surface area contributed by atoms with Gasteiger partial charge in [0, 0.05) is 17.8 Å². The first-order valence-electron chi connectivity index (χ1n) is 8.99. The highest BCUT2D eigenvalue weighted by Crippen LogP contribution is 2.27. The van der Waals surface area contributed by atoms with Crippen LogP contribution in [0.5, 0.6) is 0 Å². The Labute approximate surface area is 154 Å². The number of rotatable bonds is 5. The molecule has 3 aromatic rings. The maximum Gasteiger partial charge on any atom is 0.129 e. The van der Waals surface area contributed by atoms with Crippen molar-refractivity contribution < 1.29 is 0 Å². The van der Waals surface area contributed by atoms with Gasteiger partial charge in [0.2, 0.25) is 0 Å². The van der Waals surface area contributed by atoms with Gasteiger partial charge in [0.25, 0.3) is 0 Å². The summed E-state index contributed by atoms with van der Waals surface area (Å²) in [6, 6.07) is 23.5. The second kappa shape index (κ2) is 7.28. The lowest BCUT2D eigenvalue weighted by molar-refractivity contribution is 0.372. The molecule has 132 valence electrons. The first kappa shape index (κ1) is 16.8. The highest BCUT2D eigenvalue weighted by molar-refractivity contribution is 5.99. The van der Waals surface area contributed by atoms with Crippen molar-refractivity contribution in [2.45, 2.75) is 12.7 Å². The predicted molar refractivity (Wildman–Crippen MR) is 110 cm³/mol. The number of nitrogens with one attached hydrogen (secondary N) is 2. The summed E-state index contributed by atoms with van der Waals surface area (Å²) in [6.07, 6.45) is 0.0107. The third-order valence-electron chi connectivity index (χ3n) is 4.78. The van der Waals surface area contributed by atoms with Crippen LogP contribution >= 0.6 is 0 Å². The summed E-state index contributed by atoms with van der Waals surface area (Å²) < 4.78 is 0. The largest absolute Gasteiger partial charge is 0.343 e. The Morgan fingerprint density at radius 3 is 2.58 bits per heavy atom. The van der Waals surface area contributed by atoms with Crippen molar-refractivity contribution in [2.75, 3.05) is 26.0 Å². The van der Waals surface area contributed by atoms with Gasteiger partial charge in [-0.25, -0.2) is 4.99 Å². The van der Waals surface area contributed by atoms with Gasteiger partial charge in [-0.2, -0.15) is 0 Å². The normalized spacial score (nSPS) is 16.3. The number of para-hydroxylation sites is 1. The van der Waals surface area contributed by atoms with Gasteiger partial charge in [-0.1, -0.05) is 54.6 Å². The van der Waals surface area contributed by atoms with E-state index in [0.29, 0.717) is 0 Å². The van der Waals surface area contributed by atoms with Crippen LogP contribution in [0.2, 0.25) is 0 Å². The van der Waals surface area contributed by atoms with E-state index in [0.717, 1.165) is 24.6 Å². The lowest BCUT2D eigenvalue weighted by Crippen LogP contribution is -2.34. The summed E-state index contributed by atoms with van der Waals surface area (Å²) in [7, 11) is 4.08. The van der Waals surface area contributed by atoms with Crippen LogP contribution in [0.3, 0.4) is 0 Å². The zero-order valence-electron chi connectivity index (χ0n) is 15.2. The van der Waals surface area contributed by atoms with Crippen LogP contribution in [0.4, 0.5) is 5.69 Å². The van der Waals surface area contributed by atoms with E-state index in [1.807, 2.05) is 7.05 Å². The smallest absolute Gasteiger partial charge is 0.129 e. The molecule has 4 rings (SSSR count). The zero-order valence-corrected chi connectivity index (χ0v) is 15.2. The van der Waals surface area contributed by atoms with Crippen LogP contribution in [-0.2, 0) is 6.54 Å². The van der Waals surface area contributed by atoms with E-state index in [4.69, 9.17) is 4.99 Å². The molecule has 1 heterocycles. The Kier molecular flexibility index (Phi) is 4.69. The van der Waals surface area contributed by atoms with Gasteiger partial charge >= 0.3 is 0 Å². The van der Waals surface area contributed by atoms with Crippen molar-refractivity contribution in [1.29, 1.82) is 0 Å². The molecule has 0 spiro atoms. The zero-order chi connectivity index (χ0) is 17.9. The summed E-state index contributed by atoms with van der Waals surface area (Å²) in [4.78, 5) is 7.11. The fourth-order valence-electron chi connectivity index (χ4n) is 3.52. The number of aliphatic imine (C=N–C) groups is 1. The quantitative estimate of drug-likeness (QED) is 0.734. The molecular formula is C22H24N4. The van der Waals surface area contributed by atoms with Crippen LogP contribution in [0, 0.1) is 0 Å². The Hall–Kier alpha value is -2.69. The van der Waals surface area contributed by atoms with Gasteiger partial charge in [-0.3, -0.25) is 10.2 Å². The minimum absolute atomic E-state index is 0.0107. The molecule has 2 N–H and O–H groups in total. The molecule has 0 fully saturated rings. The Morgan fingerprint density at radius 2 is 1.73 bits per heavy atom. The van der Waals surface area contributed by atoms with Crippen LogP contribution in [0.25, 0.3) is 10.8 Å². The molecule has 0 radical (unpaired) electrons. The Balaban J connectivity index is 1.47. The molecule has 0 aromatic heterocycles. The molecule has 1 aliphatic rings. The van der Waals surface area contributed by atoms with Crippen molar-refractivity contribution in [3.05, 3.63) is 77.9 Å². The molecule has 0 amide bonds. The summed E-state index contributed by atoms with van der Waals surface area (Å²) in [5.41, 5.74) is 3.64. The van der Waals surface area contributed by atoms with Crippen LogP contribution < -0.4 is 10.6 Å². The lowest BCUT2D eigenvalue weighted by atomic mass is 10.1. The van der Waals surface area contributed by atoms with E-state index in [1.54, 1.807) is 0 Å². The molecule has 0 saturated carbocycles. The van der Waals surface area contributed by atoms with E-state index in [1.165, 1.54) is 21.9 Å². The monoisotopic (exact) mass is 344 g/mol. The first-order valence-corrected chi connectivity index (χ1v) is 8.99. The molecule has 3 aromatic carbocycles. The topological polar surface area (TPSA) is 39.7 Å². The second-order valence-electron chi connectivity index (χ2n) is 6.83. The molecule has 0 bridgehead atoms. The van der Waals surface area contributed by atoms with Gasteiger partial charge in [0.05, 0.1) is 6.54 Å². The van der Waals surface area contributed by atoms with Crippen LogP contribution in [-0.4, -0.2) is 31.4 Å². The molecule has 1 atom stereocenters. The average molecular weight is 344 g/mol. The molecule has 1 aliphatic heterocycles. The van der Waals surface area contributed by atoms with Crippen molar-refractivity contribution in [3.8, 4) is 0 Å². The van der Waals surface area contributed by atoms with Gasteiger partial charge < -0.3 is 5.32 Å². The van der Waals surface area contributed by atoms with Crippen molar-refractivity contribution in [3.63, 3.8) is 0 Å². The molecule has 4 heteroatoms. The summed E-state index contributed by atoms with van der Waals surface area (Å²) in [6.45, 7) is 1.66. The molecule has 0 aliphatic carbocycles. The molecule has 1 unspecified atom stereocenters. The van der Waals surface area contributed by atoms with E-state index in [2.05, 4.69) is 89.3 Å². The maximum absolute atomic E-state index is 4.83. The van der Waals surface area contributed by atoms with E-state index < -0.39 is 0 Å². The highest BCUT2D eigenvalue weighted by atomic mass is 15.2. The SMILES string of the molecule is CNC1N=C(CN(C)Cc2ccc3ccccc3c2)Nc2ccccc21. The number of nitrogens with zero attached hydrogens (tertiary/aromatic N) is 2. The first-order chi connectivity index (χ1) is 12.7. The third-order valence-corrected chi connectivity index (χ3v) is 4.78. The van der Waals surface area contributed by atoms with Crippen molar-refractivity contribution >= 4 is 22.3 Å². The fourth-order valence-corrected chi connectivity index (χ4v) is 3.52. The maximum atomic E-state index is 4.83. The number of benzene rings is 3. The number of amidine groups is 1. The lowest BCUT2D eigenvalue weighted by Gasteiger charge is -2.27. The number of likely N-dealkylation sites (N-methyl/N-ethyl adjacent to an activating group) is 1. The number of fused-ring (bicyclic) bond motifs is 2. The summed E-state index contributed by atoms with van der Waals surface area (Å²) >= 11 is 0. The second-order valence-corrected chi connectivity index (χ2v) is 6.83. The van der Waals surface area contributed by atoms with Gasteiger partial charge in [0.1, 0.15) is 12.0 Å². The Bertz CT molecular complexity index is 948. The van der Waals surface area contributed by atoms with Crippen LogP contribution in [0.1, 0.15) is 17.3 Å². The van der Waals surface area contributed by atoms with E-state index >= 15 is 0 Å². The van der Waals surface area contributed by atoms with Gasteiger partial charge in [-0.05, 0) is 42.6 Å². The number of anilines is 1. The van der Waals surface area contributed by atoms with Crippen molar-refractivity contribution in [1.82, 2.24) is 10.2 Å². The Morgan fingerprint density at radius 1 is 0.962 bits per heavy atom. The highest BCUT2D eigenvalue weighted by Gasteiger charge is 2.20. The van der Waals surface area contributed by atoms with Crippen LogP contribution in [0.15, 0.2) is 71.7 Å². The molecule has 26 heavy (non-hydrogen) atoms. The minimum atomic E-state index is 0.0107. The third kappa shape index (κ3) is 3.47. The average Bonchev–Trinajstić information content (AvgIpc) is 2.67. The van der Waals surface area contributed by atoms with Crippen molar-refractivity contribution in [2.24, 2.45) is 4.99 Å². The summed E-state index contributed by atoms with van der Waals surface area (Å²) in [5, 5.41) is 9.33. The van der Waals surface area contributed by atoms with Gasteiger partial charge in [-0.15, -0.1) is 0 Å². The number of hydrogen-bond donors (Lipinski definition) is 2. The standard InChI is InChI=1S/C22H24N4/c1-23-22-19-9-5-6-10-20(19)24-21(25-22)15-26(2)14-16-11-12-17-7-3-4-8-18(17)13-16/h3-13,22-23H,14-15H2,1-2H3,(H,24,25). The molecule has 0 saturated heterocycles.